The van der Waals surface area contributed by atoms with Crippen LogP contribution in [-0.2, 0) is 0 Å². The van der Waals surface area contributed by atoms with Gasteiger partial charge in [-0.05, 0) is 44.4 Å². The molecule has 1 aromatic rings. The van der Waals surface area contributed by atoms with Gasteiger partial charge < -0.3 is 0 Å². The lowest BCUT2D eigenvalue weighted by Crippen LogP contribution is -1.86. The van der Waals surface area contributed by atoms with Crippen LogP contribution >= 0.6 is 0 Å². The molecular weight excluding hydrogens is 168 g/mol. The van der Waals surface area contributed by atoms with Gasteiger partial charge in [0.25, 0.3) is 0 Å². The molecular formula is C14H28. The van der Waals surface area contributed by atoms with Gasteiger partial charge in [0, 0.05) is 0 Å². The fraction of sp³-hybridized carbons (Fsp3) is 0.571. The predicted molar refractivity (Wildman–Crippen MR) is 70.2 cm³/mol. The summed E-state index contributed by atoms with van der Waals surface area (Å²) in [5.74, 6) is 0. The molecule has 0 heterocycles. The molecule has 0 saturated carbocycles. The Morgan fingerprint density at radius 2 is 1.00 bits per heavy atom. The fourth-order valence-electron chi connectivity index (χ4n) is 1.25. The lowest BCUT2D eigenvalue weighted by Gasteiger charge is -2.04. The van der Waals surface area contributed by atoms with Crippen molar-refractivity contribution in [2.24, 2.45) is 0 Å². The van der Waals surface area contributed by atoms with E-state index in [-0.39, 0.29) is 14.9 Å². The van der Waals surface area contributed by atoms with Crippen LogP contribution in [0.4, 0.5) is 0 Å². The van der Waals surface area contributed by atoms with Crippen LogP contribution in [0.25, 0.3) is 0 Å². The van der Waals surface area contributed by atoms with Gasteiger partial charge in [0.1, 0.15) is 0 Å². The molecule has 0 spiro atoms. The van der Waals surface area contributed by atoms with Crippen molar-refractivity contribution in [3.05, 3.63) is 34.4 Å². The first kappa shape index (κ1) is 18.9. The lowest BCUT2D eigenvalue weighted by molar-refractivity contribution is 1.23. The van der Waals surface area contributed by atoms with Crippen LogP contribution in [0, 0.1) is 27.7 Å². The smallest absolute Gasteiger partial charge is 0.0392 e. The minimum atomic E-state index is 0. The first-order chi connectivity index (χ1) is 5.61. The van der Waals surface area contributed by atoms with Crippen LogP contribution in [0.5, 0.6) is 0 Å². The van der Waals surface area contributed by atoms with E-state index in [0.29, 0.717) is 0 Å². The van der Waals surface area contributed by atoms with Crippen LogP contribution < -0.4 is 0 Å². The Morgan fingerprint density at radius 3 is 1.29 bits per heavy atom. The molecule has 0 aliphatic carbocycles. The second-order valence-corrected chi connectivity index (χ2v) is 3.02. The van der Waals surface area contributed by atoms with Crippen LogP contribution in [0.3, 0.4) is 0 Å². The van der Waals surface area contributed by atoms with E-state index in [2.05, 4.69) is 39.8 Å². The van der Waals surface area contributed by atoms with Crippen molar-refractivity contribution in [2.45, 2.75) is 56.4 Å². The molecule has 0 heteroatoms. The molecule has 0 aromatic heterocycles. The van der Waals surface area contributed by atoms with Crippen LogP contribution in [0.15, 0.2) is 12.1 Å². The number of hydrogen-bond acceptors (Lipinski definition) is 0. The molecule has 0 nitrogen and oxygen atoms in total. The van der Waals surface area contributed by atoms with E-state index >= 15 is 0 Å². The van der Waals surface area contributed by atoms with Crippen molar-refractivity contribution in [1.29, 1.82) is 0 Å². The Kier molecular flexibility index (Phi) is 11.9. The number of rotatable bonds is 0. The number of hydrogen-bond donors (Lipinski definition) is 0. The summed E-state index contributed by atoms with van der Waals surface area (Å²) in [6, 6.07) is 4.45. The summed E-state index contributed by atoms with van der Waals surface area (Å²) in [7, 11) is 0. The molecule has 0 unspecified atom stereocenters. The average molecular weight is 196 g/mol. The average Bonchev–Trinajstić information content (AvgIpc) is 2.04. The monoisotopic (exact) mass is 196 g/mol. The highest BCUT2D eigenvalue weighted by atomic mass is 14.0. The molecule has 0 bridgehead atoms. The molecule has 0 amide bonds. The molecule has 1 rings (SSSR count). The van der Waals surface area contributed by atoms with Gasteiger partial charge >= 0.3 is 0 Å². The van der Waals surface area contributed by atoms with E-state index in [0.717, 1.165) is 0 Å². The standard InChI is InChI=1S/C10H14.C2H6.2CH4/c1-7-5-8(2)10(4)9(3)6-7;1-2;;/h5-6H,1-4H3;1-2H3;2*1H4. The minimum absolute atomic E-state index is 0. The van der Waals surface area contributed by atoms with E-state index in [1.165, 1.54) is 22.3 Å². The summed E-state index contributed by atoms with van der Waals surface area (Å²) in [4.78, 5) is 0. The largest absolute Gasteiger partial charge is 0.0776 e. The molecule has 0 aliphatic heterocycles. The molecule has 0 N–H and O–H groups in total. The maximum absolute atomic E-state index is 2.22. The highest BCUT2D eigenvalue weighted by molar-refractivity contribution is 5.35. The van der Waals surface area contributed by atoms with Gasteiger partial charge in [-0.25, -0.2) is 0 Å². The van der Waals surface area contributed by atoms with Crippen molar-refractivity contribution in [3.63, 3.8) is 0 Å². The second-order valence-electron chi connectivity index (χ2n) is 3.02. The Morgan fingerprint density at radius 1 is 0.714 bits per heavy atom. The zero-order chi connectivity index (χ0) is 9.72. The van der Waals surface area contributed by atoms with E-state index < -0.39 is 0 Å². The third-order valence-electron chi connectivity index (χ3n) is 2.07. The van der Waals surface area contributed by atoms with Crippen molar-refractivity contribution in [3.8, 4) is 0 Å². The summed E-state index contributed by atoms with van der Waals surface area (Å²) in [5, 5.41) is 0. The van der Waals surface area contributed by atoms with Crippen molar-refractivity contribution in [2.75, 3.05) is 0 Å². The maximum atomic E-state index is 2.22. The van der Waals surface area contributed by atoms with Gasteiger partial charge in [-0.15, -0.1) is 0 Å². The normalized spacial score (nSPS) is 7.57. The second kappa shape index (κ2) is 8.80. The SMILES string of the molecule is C.C.CC.Cc1cc(C)c(C)c(C)c1. The molecule has 0 radical (unpaired) electrons. The molecule has 84 valence electrons. The predicted octanol–water partition coefficient (Wildman–Crippen LogP) is 5.22. The lowest BCUT2D eigenvalue weighted by atomic mass is 10.0. The van der Waals surface area contributed by atoms with Crippen LogP contribution in [-0.4, -0.2) is 0 Å². The topological polar surface area (TPSA) is 0 Å². The molecule has 0 aliphatic rings. The Hall–Kier alpha value is -0.780. The van der Waals surface area contributed by atoms with Crippen molar-refractivity contribution >= 4 is 0 Å². The van der Waals surface area contributed by atoms with Gasteiger partial charge in [0.15, 0.2) is 0 Å². The highest BCUT2D eigenvalue weighted by Gasteiger charge is 1.95. The van der Waals surface area contributed by atoms with E-state index in [1.807, 2.05) is 13.8 Å². The first-order valence-electron chi connectivity index (χ1n) is 4.65. The minimum Gasteiger partial charge on any atom is -0.0776 e. The zero-order valence-corrected chi connectivity index (χ0v) is 9.15. The summed E-state index contributed by atoms with van der Waals surface area (Å²) in [6.07, 6.45) is 0. The molecule has 0 fully saturated rings. The maximum Gasteiger partial charge on any atom is -0.0392 e. The third-order valence-corrected chi connectivity index (χ3v) is 2.07. The van der Waals surface area contributed by atoms with Gasteiger partial charge in [-0.3, -0.25) is 0 Å². The Labute approximate surface area is 91.4 Å². The van der Waals surface area contributed by atoms with E-state index in [1.54, 1.807) is 0 Å². The van der Waals surface area contributed by atoms with Crippen LogP contribution in [0.1, 0.15) is 51.0 Å². The molecule has 1 aromatic carbocycles. The molecule has 0 saturated heterocycles. The van der Waals surface area contributed by atoms with E-state index in [4.69, 9.17) is 0 Å². The third kappa shape index (κ3) is 5.06. The zero-order valence-electron chi connectivity index (χ0n) is 9.15. The van der Waals surface area contributed by atoms with Crippen molar-refractivity contribution < 1.29 is 0 Å². The highest BCUT2D eigenvalue weighted by Crippen LogP contribution is 2.13. The fourth-order valence-corrected chi connectivity index (χ4v) is 1.25. The Bertz CT molecular complexity index is 223. The van der Waals surface area contributed by atoms with Gasteiger partial charge in [0.05, 0.1) is 0 Å². The first-order valence-corrected chi connectivity index (χ1v) is 4.65. The summed E-state index contributed by atoms with van der Waals surface area (Å²) < 4.78 is 0. The number of benzene rings is 1. The molecule has 14 heavy (non-hydrogen) atoms. The van der Waals surface area contributed by atoms with Gasteiger partial charge in [-0.2, -0.15) is 0 Å². The van der Waals surface area contributed by atoms with E-state index in [9.17, 15) is 0 Å². The van der Waals surface area contributed by atoms with Crippen molar-refractivity contribution in [1.82, 2.24) is 0 Å². The number of aryl methyl sites for hydroxylation is 3. The Balaban J connectivity index is -0.000000284. The summed E-state index contributed by atoms with van der Waals surface area (Å²) in [5.41, 5.74) is 5.58. The summed E-state index contributed by atoms with van der Waals surface area (Å²) in [6.45, 7) is 12.6. The molecule has 0 atom stereocenters. The van der Waals surface area contributed by atoms with Gasteiger partial charge in [0.2, 0.25) is 0 Å². The van der Waals surface area contributed by atoms with Gasteiger partial charge in [-0.1, -0.05) is 46.4 Å². The quantitative estimate of drug-likeness (QED) is 0.534. The summed E-state index contributed by atoms with van der Waals surface area (Å²) >= 11 is 0. The van der Waals surface area contributed by atoms with Crippen LogP contribution in [0.2, 0.25) is 0 Å².